The van der Waals surface area contributed by atoms with Crippen molar-refractivity contribution in [2.24, 2.45) is 5.84 Å². The third-order valence-electron chi connectivity index (χ3n) is 1.90. The van der Waals surface area contributed by atoms with E-state index in [-0.39, 0.29) is 18.4 Å². The lowest BCUT2D eigenvalue weighted by atomic mass is 10.2. The molecule has 1 heterocycles. The summed E-state index contributed by atoms with van der Waals surface area (Å²) in [6.07, 6.45) is 3.23. The van der Waals surface area contributed by atoms with E-state index in [9.17, 15) is 9.59 Å². The molecule has 0 fully saturated rings. The number of ether oxygens (including phenoxy) is 1. The number of amides is 1. The van der Waals surface area contributed by atoms with Crippen molar-refractivity contribution in [1.82, 2.24) is 5.43 Å². The van der Waals surface area contributed by atoms with Gasteiger partial charge >= 0.3 is 5.97 Å². The summed E-state index contributed by atoms with van der Waals surface area (Å²) >= 11 is 0. The number of nitrogen functional groups attached to an aromatic ring is 1. The molecule has 86 valence electrons. The van der Waals surface area contributed by atoms with Crippen LogP contribution in [0.5, 0.6) is 0 Å². The fourth-order valence-corrected chi connectivity index (χ4v) is 1.15. The van der Waals surface area contributed by atoms with Crippen LogP contribution in [0.15, 0.2) is 24.5 Å². The molecule has 0 aliphatic carbocycles. The fourth-order valence-electron chi connectivity index (χ4n) is 1.15. The number of aromatic nitrogens is 1. The number of esters is 1. The highest BCUT2D eigenvalue weighted by Gasteiger charge is 2.11. The number of carbonyl (C=O) groups excluding carboxylic acids is 2. The van der Waals surface area contributed by atoms with Gasteiger partial charge in [0.25, 0.3) is 5.91 Å². The molecule has 0 unspecified atom stereocenters. The Balaban J connectivity index is 2.64. The van der Waals surface area contributed by atoms with Gasteiger partial charge in [0.05, 0.1) is 12.2 Å². The second kappa shape index (κ2) is 5.82. The van der Waals surface area contributed by atoms with Gasteiger partial charge in [0.15, 0.2) is 12.4 Å². The number of nitrogens with two attached hydrogens (primary N) is 1. The molecule has 16 heavy (non-hydrogen) atoms. The van der Waals surface area contributed by atoms with E-state index in [0.29, 0.717) is 12.2 Å². The molecule has 1 aromatic heterocycles. The van der Waals surface area contributed by atoms with Gasteiger partial charge in [-0.1, -0.05) is 0 Å². The van der Waals surface area contributed by atoms with E-state index in [0.717, 1.165) is 0 Å². The van der Waals surface area contributed by atoms with Crippen molar-refractivity contribution in [3.05, 3.63) is 30.1 Å². The SMILES string of the molecule is CCOC(=O)C[n+]1ccc(C(=O)NN)cc1. The zero-order valence-electron chi connectivity index (χ0n) is 8.97. The first-order valence-electron chi connectivity index (χ1n) is 4.83. The third-order valence-corrected chi connectivity index (χ3v) is 1.90. The van der Waals surface area contributed by atoms with Crippen LogP contribution >= 0.6 is 0 Å². The molecule has 0 atom stereocenters. The van der Waals surface area contributed by atoms with Gasteiger partial charge in [-0.05, 0) is 6.92 Å². The summed E-state index contributed by atoms with van der Waals surface area (Å²) < 4.78 is 6.40. The quantitative estimate of drug-likeness (QED) is 0.229. The van der Waals surface area contributed by atoms with Crippen LogP contribution in [-0.2, 0) is 16.1 Å². The number of hydrazine groups is 1. The molecule has 3 N–H and O–H groups in total. The molecule has 1 rings (SSSR count). The van der Waals surface area contributed by atoms with Gasteiger partial charge in [-0.25, -0.2) is 10.6 Å². The Morgan fingerprint density at radius 2 is 2.06 bits per heavy atom. The van der Waals surface area contributed by atoms with Gasteiger partial charge in [-0.2, -0.15) is 4.57 Å². The summed E-state index contributed by atoms with van der Waals surface area (Å²) in [6.45, 7) is 2.22. The summed E-state index contributed by atoms with van der Waals surface area (Å²) in [7, 11) is 0. The van der Waals surface area contributed by atoms with E-state index < -0.39 is 0 Å². The number of rotatable bonds is 4. The van der Waals surface area contributed by atoms with Crippen molar-refractivity contribution in [2.45, 2.75) is 13.5 Å². The molecule has 6 nitrogen and oxygen atoms in total. The summed E-state index contributed by atoms with van der Waals surface area (Å²) in [4.78, 5) is 22.3. The van der Waals surface area contributed by atoms with Crippen molar-refractivity contribution < 1.29 is 18.9 Å². The monoisotopic (exact) mass is 224 g/mol. The van der Waals surface area contributed by atoms with Crippen LogP contribution in [0, 0.1) is 0 Å². The highest BCUT2D eigenvalue weighted by atomic mass is 16.5. The summed E-state index contributed by atoms with van der Waals surface area (Å²) in [5.41, 5.74) is 2.45. The van der Waals surface area contributed by atoms with E-state index in [1.807, 2.05) is 5.43 Å². The lowest BCUT2D eigenvalue weighted by Crippen LogP contribution is -2.38. The average molecular weight is 224 g/mol. The lowest BCUT2D eigenvalue weighted by Gasteiger charge is -1.99. The minimum absolute atomic E-state index is 0.123. The highest BCUT2D eigenvalue weighted by molar-refractivity contribution is 5.93. The molecule has 0 saturated carbocycles. The zero-order chi connectivity index (χ0) is 12.0. The van der Waals surface area contributed by atoms with Crippen LogP contribution in [0.4, 0.5) is 0 Å². The summed E-state index contributed by atoms with van der Waals surface area (Å²) in [6, 6.07) is 3.14. The Hall–Kier alpha value is -1.95. The number of hydrogen-bond acceptors (Lipinski definition) is 4. The number of hydrogen-bond donors (Lipinski definition) is 2. The number of nitrogens with one attached hydrogen (secondary N) is 1. The smallest absolute Gasteiger partial charge is 0.372 e. The van der Waals surface area contributed by atoms with Crippen LogP contribution in [-0.4, -0.2) is 18.5 Å². The van der Waals surface area contributed by atoms with Crippen molar-refractivity contribution in [1.29, 1.82) is 0 Å². The number of carbonyl (C=O) groups is 2. The normalized spacial score (nSPS) is 9.62. The van der Waals surface area contributed by atoms with Gasteiger partial charge in [0.2, 0.25) is 6.54 Å². The Kier molecular flexibility index (Phi) is 4.41. The predicted octanol–water partition coefficient (Wildman–Crippen LogP) is -0.859. The average Bonchev–Trinajstić information content (AvgIpc) is 2.29. The molecule has 1 amide bonds. The highest BCUT2D eigenvalue weighted by Crippen LogP contribution is 1.93. The van der Waals surface area contributed by atoms with Crippen LogP contribution < -0.4 is 15.8 Å². The first-order chi connectivity index (χ1) is 7.67. The molecular formula is C10H14N3O3+. The molecule has 0 bridgehead atoms. The maximum atomic E-state index is 11.1. The first kappa shape index (κ1) is 12.1. The van der Waals surface area contributed by atoms with Gasteiger partial charge in [-0.15, -0.1) is 0 Å². The standard InChI is InChI=1S/C10H13N3O3/c1-2-16-9(14)7-13-5-3-8(4-6-13)10(15)12-11/h3-6,11,15H,2,7H2,1H3/p+1. The minimum Gasteiger partial charge on any atom is -0.461 e. The number of pyridine rings is 1. The first-order valence-corrected chi connectivity index (χ1v) is 4.83. The molecule has 0 spiro atoms. The topological polar surface area (TPSA) is 85.3 Å². The van der Waals surface area contributed by atoms with Gasteiger partial charge in [-0.3, -0.25) is 10.2 Å². The number of nitrogens with zero attached hydrogens (tertiary/aromatic N) is 1. The Morgan fingerprint density at radius 3 is 2.56 bits per heavy atom. The van der Waals surface area contributed by atoms with Crippen molar-refractivity contribution in [2.75, 3.05) is 6.61 Å². The van der Waals surface area contributed by atoms with Gasteiger partial charge in [0.1, 0.15) is 0 Å². The second-order valence-electron chi connectivity index (χ2n) is 3.04. The summed E-state index contributed by atoms with van der Waals surface area (Å²) in [5.74, 6) is 4.29. The minimum atomic E-state index is -0.372. The fraction of sp³-hybridized carbons (Fsp3) is 0.300. The van der Waals surface area contributed by atoms with E-state index in [1.54, 1.807) is 36.0 Å². The Labute approximate surface area is 93.0 Å². The van der Waals surface area contributed by atoms with Crippen LogP contribution in [0.3, 0.4) is 0 Å². The van der Waals surface area contributed by atoms with Crippen LogP contribution in [0.1, 0.15) is 17.3 Å². The van der Waals surface area contributed by atoms with Crippen molar-refractivity contribution in [3.63, 3.8) is 0 Å². The van der Waals surface area contributed by atoms with E-state index in [4.69, 9.17) is 10.6 Å². The van der Waals surface area contributed by atoms with Crippen LogP contribution in [0.2, 0.25) is 0 Å². The maximum Gasteiger partial charge on any atom is 0.372 e. The van der Waals surface area contributed by atoms with Crippen LogP contribution in [0.25, 0.3) is 0 Å². The van der Waals surface area contributed by atoms with E-state index in [1.165, 1.54) is 0 Å². The molecule has 1 aromatic rings. The predicted molar refractivity (Wildman–Crippen MR) is 54.9 cm³/mol. The largest absolute Gasteiger partial charge is 0.461 e. The molecule has 6 heteroatoms. The van der Waals surface area contributed by atoms with Crippen molar-refractivity contribution in [3.8, 4) is 0 Å². The Morgan fingerprint density at radius 1 is 1.44 bits per heavy atom. The molecule has 0 aliphatic rings. The molecule has 0 saturated heterocycles. The molecule has 0 aromatic carbocycles. The molecular weight excluding hydrogens is 210 g/mol. The summed E-state index contributed by atoms with van der Waals surface area (Å²) in [5, 5.41) is 0. The van der Waals surface area contributed by atoms with E-state index >= 15 is 0 Å². The third kappa shape index (κ3) is 3.32. The lowest BCUT2D eigenvalue weighted by molar-refractivity contribution is -0.686. The second-order valence-corrected chi connectivity index (χ2v) is 3.04. The van der Waals surface area contributed by atoms with Gasteiger partial charge < -0.3 is 4.74 Å². The van der Waals surface area contributed by atoms with E-state index in [2.05, 4.69) is 0 Å². The molecule has 0 aliphatic heterocycles. The van der Waals surface area contributed by atoms with Crippen molar-refractivity contribution >= 4 is 11.9 Å². The molecule has 0 radical (unpaired) electrons. The Bertz CT molecular complexity index is 375. The van der Waals surface area contributed by atoms with Gasteiger partial charge in [0, 0.05) is 12.1 Å². The zero-order valence-corrected chi connectivity index (χ0v) is 8.97. The maximum absolute atomic E-state index is 11.1.